The fourth-order valence-electron chi connectivity index (χ4n) is 2.32. The SMILES string of the molecule is NC(=O)CSC1=NC2NNCC2C(=O)N1c1ccccc1. The number of hydrogen-bond acceptors (Lipinski definition) is 6. The maximum absolute atomic E-state index is 12.7. The Hall–Kier alpha value is -1.90. The summed E-state index contributed by atoms with van der Waals surface area (Å²) >= 11 is 1.17. The molecular weight excluding hydrogens is 290 g/mol. The second kappa shape index (κ2) is 5.84. The Morgan fingerprint density at radius 3 is 2.90 bits per heavy atom. The van der Waals surface area contributed by atoms with Crippen molar-refractivity contribution in [2.45, 2.75) is 6.17 Å². The van der Waals surface area contributed by atoms with Crippen LogP contribution in [0.1, 0.15) is 0 Å². The molecule has 1 saturated heterocycles. The lowest BCUT2D eigenvalue weighted by Gasteiger charge is -2.32. The Morgan fingerprint density at radius 2 is 2.19 bits per heavy atom. The lowest BCUT2D eigenvalue weighted by atomic mass is 10.1. The Balaban J connectivity index is 1.94. The summed E-state index contributed by atoms with van der Waals surface area (Å²) in [5, 5.41) is 0.488. The molecule has 2 aliphatic rings. The van der Waals surface area contributed by atoms with E-state index in [2.05, 4.69) is 15.8 Å². The number of nitrogens with one attached hydrogen (secondary N) is 2. The van der Waals surface area contributed by atoms with Gasteiger partial charge >= 0.3 is 0 Å². The van der Waals surface area contributed by atoms with Gasteiger partial charge in [-0.05, 0) is 12.1 Å². The fourth-order valence-corrected chi connectivity index (χ4v) is 3.10. The number of hydrazine groups is 1. The number of rotatable bonds is 3. The average Bonchev–Trinajstić information content (AvgIpc) is 2.95. The van der Waals surface area contributed by atoms with Gasteiger partial charge in [-0.3, -0.25) is 19.9 Å². The van der Waals surface area contributed by atoms with Gasteiger partial charge in [0, 0.05) is 6.54 Å². The van der Waals surface area contributed by atoms with E-state index in [0.717, 1.165) is 5.69 Å². The molecule has 1 aromatic rings. The van der Waals surface area contributed by atoms with E-state index in [1.165, 1.54) is 11.8 Å². The highest BCUT2D eigenvalue weighted by atomic mass is 32.2. The molecule has 1 aromatic carbocycles. The van der Waals surface area contributed by atoms with Gasteiger partial charge in [0.05, 0.1) is 17.4 Å². The molecule has 0 aliphatic carbocycles. The number of thioether (sulfide) groups is 1. The smallest absolute Gasteiger partial charge is 0.241 e. The number of amides is 2. The van der Waals surface area contributed by atoms with Gasteiger partial charge in [0.15, 0.2) is 5.17 Å². The van der Waals surface area contributed by atoms with Crippen LogP contribution in [0.3, 0.4) is 0 Å². The Kier molecular flexibility index (Phi) is 3.91. The summed E-state index contributed by atoms with van der Waals surface area (Å²) in [5.41, 5.74) is 11.8. The maximum Gasteiger partial charge on any atom is 0.241 e. The number of nitrogens with zero attached hydrogens (tertiary/aromatic N) is 2. The fraction of sp³-hybridized carbons (Fsp3) is 0.308. The molecule has 2 atom stereocenters. The van der Waals surface area contributed by atoms with Crippen LogP contribution in [0.25, 0.3) is 0 Å². The minimum absolute atomic E-state index is 0.0364. The molecule has 2 aliphatic heterocycles. The molecule has 0 spiro atoms. The third-order valence-electron chi connectivity index (χ3n) is 3.29. The summed E-state index contributed by atoms with van der Waals surface area (Å²) in [5.74, 6) is -0.642. The molecule has 3 rings (SSSR count). The van der Waals surface area contributed by atoms with E-state index in [1.807, 2.05) is 30.3 Å². The van der Waals surface area contributed by atoms with Crippen molar-refractivity contribution in [3.05, 3.63) is 30.3 Å². The van der Waals surface area contributed by atoms with Gasteiger partial charge in [0.25, 0.3) is 0 Å². The van der Waals surface area contributed by atoms with Gasteiger partial charge < -0.3 is 5.73 Å². The third-order valence-corrected chi connectivity index (χ3v) is 4.26. The molecule has 0 bridgehead atoms. The van der Waals surface area contributed by atoms with Crippen LogP contribution in [0.2, 0.25) is 0 Å². The molecule has 0 saturated carbocycles. The van der Waals surface area contributed by atoms with Gasteiger partial charge in [-0.15, -0.1) is 0 Å². The summed E-state index contributed by atoms with van der Waals surface area (Å²) in [6, 6.07) is 9.28. The van der Waals surface area contributed by atoms with Crippen LogP contribution in [0, 0.1) is 5.92 Å². The van der Waals surface area contributed by atoms with Crippen LogP contribution in [0.15, 0.2) is 35.3 Å². The molecule has 8 heteroatoms. The van der Waals surface area contributed by atoms with Crippen molar-refractivity contribution in [3.63, 3.8) is 0 Å². The van der Waals surface area contributed by atoms with Crippen molar-refractivity contribution in [2.75, 3.05) is 17.2 Å². The number of carbonyl (C=O) groups excluding carboxylic acids is 2. The first-order valence-electron chi connectivity index (χ1n) is 6.53. The third kappa shape index (κ3) is 2.78. The number of benzene rings is 1. The van der Waals surface area contributed by atoms with Crippen molar-refractivity contribution >= 4 is 34.4 Å². The number of anilines is 1. The van der Waals surface area contributed by atoms with Crippen LogP contribution in [0.5, 0.6) is 0 Å². The van der Waals surface area contributed by atoms with E-state index in [0.29, 0.717) is 11.7 Å². The first-order chi connectivity index (χ1) is 10.2. The highest BCUT2D eigenvalue weighted by molar-refractivity contribution is 8.14. The summed E-state index contributed by atoms with van der Waals surface area (Å²) in [7, 11) is 0. The quantitative estimate of drug-likeness (QED) is 0.709. The predicted molar refractivity (Wildman–Crippen MR) is 81.4 cm³/mol. The number of hydrogen-bond donors (Lipinski definition) is 3. The van der Waals surface area contributed by atoms with Crippen LogP contribution >= 0.6 is 11.8 Å². The molecule has 4 N–H and O–H groups in total. The number of carbonyl (C=O) groups is 2. The highest BCUT2D eigenvalue weighted by Gasteiger charge is 2.42. The minimum Gasteiger partial charge on any atom is -0.369 e. The topological polar surface area (TPSA) is 99.8 Å². The van der Waals surface area contributed by atoms with Crippen molar-refractivity contribution in [3.8, 4) is 0 Å². The summed E-state index contributed by atoms with van der Waals surface area (Å²) in [6.07, 6.45) is -0.298. The molecule has 0 radical (unpaired) electrons. The monoisotopic (exact) mass is 305 g/mol. The van der Waals surface area contributed by atoms with Crippen molar-refractivity contribution < 1.29 is 9.59 Å². The Bertz CT molecular complexity index is 591. The number of primary amides is 1. The number of fused-ring (bicyclic) bond motifs is 1. The normalized spacial score (nSPS) is 24.7. The first-order valence-corrected chi connectivity index (χ1v) is 7.51. The Labute approximate surface area is 125 Å². The van der Waals surface area contributed by atoms with Crippen LogP contribution in [-0.2, 0) is 9.59 Å². The zero-order valence-corrected chi connectivity index (χ0v) is 12.0. The molecule has 2 heterocycles. The zero-order chi connectivity index (χ0) is 14.8. The van der Waals surface area contributed by atoms with E-state index in [-0.39, 0.29) is 23.7 Å². The van der Waals surface area contributed by atoms with Crippen LogP contribution < -0.4 is 21.5 Å². The lowest BCUT2D eigenvalue weighted by molar-refractivity contribution is -0.121. The van der Waals surface area contributed by atoms with Crippen molar-refractivity contribution in [1.82, 2.24) is 10.9 Å². The van der Waals surface area contributed by atoms with Gasteiger partial charge in [-0.25, -0.2) is 10.4 Å². The molecule has 1 fully saturated rings. The molecule has 7 nitrogen and oxygen atoms in total. The predicted octanol–water partition coefficient (Wildman–Crippen LogP) is -0.342. The molecule has 2 amide bonds. The second-order valence-electron chi connectivity index (χ2n) is 4.75. The number of para-hydroxylation sites is 1. The van der Waals surface area contributed by atoms with E-state index in [1.54, 1.807) is 4.90 Å². The molecular formula is C13H15N5O2S. The van der Waals surface area contributed by atoms with Crippen LogP contribution in [0.4, 0.5) is 5.69 Å². The average molecular weight is 305 g/mol. The van der Waals surface area contributed by atoms with E-state index >= 15 is 0 Å². The summed E-state index contributed by atoms with van der Waals surface area (Å²) < 4.78 is 0. The van der Waals surface area contributed by atoms with E-state index in [4.69, 9.17) is 5.73 Å². The van der Waals surface area contributed by atoms with Crippen molar-refractivity contribution in [1.29, 1.82) is 0 Å². The lowest BCUT2D eigenvalue weighted by Crippen LogP contribution is -2.49. The minimum atomic E-state index is -0.442. The maximum atomic E-state index is 12.7. The Morgan fingerprint density at radius 1 is 1.43 bits per heavy atom. The van der Waals surface area contributed by atoms with Gasteiger partial charge in [-0.2, -0.15) is 0 Å². The van der Waals surface area contributed by atoms with Gasteiger partial charge in [0.1, 0.15) is 6.17 Å². The highest BCUT2D eigenvalue weighted by Crippen LogP contribution is 2.28. The number of amidine groups is 1. The first kappa shape index (κ1) is 14.1. The molecule has 0 aromatic heterocycles. The summed E-state index contributed by atoms with van der Waals surface area (Å²) in [4.78, 5) is 29.8. The summed E-state index contributed by atoms with van der Waals surface area (Å²) in [6.45, 7) is 0.532. The standard InChI is InChI=1S/C13H15N5O2S/c14-10(19)7-21-13-16-11-9(6-15-17-11)12(20)18(13)8-4-2-1-3-5-8/h1-5,9,11,15,17H,6-7H2,(H2,14,19). The zero-order valence-electron chi connectivity index (χ0n) is 11.2. The van der Waals surface area contributed by atoms with E-state index < -0.39 is 5.91 Å². The van der Waals surface area contributed by atoms with E-state index in [9.17, 15) is 9.59 Å². The molecule has 2 unspecified atom stereocenters. The van der Waals surface area contributed by atoms with Gasteiger partial charge in [0.2, 0.25) is 11.8 Å². The molecule has 21 heavy (non-hydrogen) atoms. The largest absolute Gasteiger partial charge is 0.369 e. The van der Waals surface area contributed by atoms with Gasteiger partial charge in [-0.1, -0.05) is 30.0 Å². The van der Waals surface area contributed by atoms with Crippen LogP contribution in [-0.4, -0.2) is 35.4 Å². The van der Waals surface area contributed by atoms with Crippen molar-refractivity contribution in [2.24, 2.45) is 16.6 Å². The second-order valence-corrected chi connectivity index (χ2v) is 5.69. The number of nitrogens with two attached hydrogens (primary N) is 1. The molecule has 110 valence electrons. The number of aliphatic imine (C=N–C) groups is 1.